The lowest BCUT2D eigenvalue weighted by atomic mass is 10.1. The van der Waals surface area contributed by atoms with E-state index in [1.165, 1.54) is 6.07 Å². The summed E-state index contributed by atoms with van der Waals surface area (Å²) in [4.78, 5) is 2.24. The maximum Gasteiger partial charge on any atom is 0.403 e. The first-order valence-corrected chi connectivity index (χ1v) is 9.43. The first kappa shape index (κ1) is 18.5. The fraction of sp³-hybridized carbons (Fsp3) is 0.462. The summed E-state index contributed by atoms with van der Waals surface area (Å²) in [6, 6.07) is 4.11. The molecule has 1 unspecified atom stereocenters. The average molecular weight is 348 g/mol. The second kappa shape index (κ2) is 8.17. The minimum Gasteiger partial charge on any atom is -0.360 e. The molecule has 0 bridgehead atoms. The minimum absolute atomic E-state index is 0.0283. The van der Waals surface area contributed by atoms with Gasteiger partial charge in [0.25, 0.3) is 9.84 Å². The number of thiol groups is 1. The standard InChI is InChI=1S/C13H17FN2O4S2/c1-2-3-4-8-12(21(17)18)13(16-15)22(19,20)11-7-5-6-10(14)9-11/h5-7,9,12,21H,2-4,8H2,1H3. The largest absolute Gasteiger partial charge is 0.403 e. The van der Waals surface area contributed by atoms with Crippen LogP contribution in [0.4, 0.5) is 4.39 Å². The molecule has 9 heteroatoms. The van der Waals surface area contributed by atoms with Crippen LogP contribution < -0.4 is 0 Å². The molecule has 0 N–H and O–H groups in total. The van der Waals surface area contributed by atoms with Gasteiger partial charge < -0.3 is 5.53 Å². The number of sulfone groups is 1. The van der Waals surface area contributed by atoms with Gasteiger partial charge in [0.1, 0.15) is 5.82 Å². The van der Waals surface area contributed by atoms with E-state index in [4.69, 9.17) is 5.53 Å². The van der Waals surface area contributed by atoms with E-state index < -0.39 is 41.5 Å². The molecule has 0 radical (unpaired) electrons. The van der Waals surface area contributed by atoms with Gasteiger partial charge in [-0.2, -0.15) is 4.79 Å². The second-order valence-electron chi connectivity index (χ2n) is 4.70. The van der Waals surface area contributed by atoms with Gasteiger partial charge in [0.2, 0.25) is 0 Å². The zero-order valence-electron chi connectivity index (χ0n) is 12.0. The molecular formula is C13H17FN2O4S2. The van der Waals surface area contributed by atoms with Crippen LogP contribution in [0.25, 0.3) is 5.53 Å². The summed E-state index contributed by atoms with van der Waals surface area (Å²) < 4.78 is 60.6. The van der Waals surface area contributed by atoms with Gasteiger partial charge in [0, 0.05) is 0 Å². The maximum atomic E-state index is 13.2. The van der Waals surface area contributed by atoms with E-state index in [1.807, 2.05) is 6.92 Å². The topological polar surface area (TPSA) is 105 Å². The highest BCUT2D eigenvalue weighted by Crippen LogP contribution is 2.18. The van der Waals surface area contributed by atoms with Gasteiger partial charge in [-0.1, -0.05) is 32.3 Å². The third-order valence-electron chi connectivity index (χ3n) is 3.10. The molecule has 0 heterocycles. The molecule has 122 valence electrons. The Bertz CT molecular complexity index is 745. The minimum atomic E-state index is -4.38. The van der Waals surface area contributed by atoms with E-state index in [-0.39, 0.29) is 6.42 Å². The lowest BCUT2D eigenvalue weighted by Gasteiger charge is -2.07. The van der Waals surface area contributed by atoms with Gasteiger partial charge in [-0.05, 0) is 24.6 Å². The van der Waals surface area contributed by atoms with E-state index in [0.717, 1.165) is 31.0 Å². The highest BCUT2D eigenvalue weighted by Gasteiger charge is 2.40. The van der Waals surface area contributed by atoms with E-state index in [2.05, 4.69) is 4.79 Å². The van der Waals surface area contributed by atoms with Crippen molar-refractivity contribution in [2.45, 2.75) is 42.8 Å². The number of rotatable bonds is 7. The number of benzene rings is 1. The monoisotopic (exact) mass is 348 g/mol. The van der Waals surface area contributed by atoms with Crippen LogP contribution in [-0.2, 0) is 20.5 Å². The summed E-state index contributed by atoms with van der Waals surface area (Å²) in [5.74, 6) is -0.785. The average Bonchev–Trinajstić information content (AvgIpc) is 2.46. The molecule has 1 rings (SSSR count). The van der Waals surface area contributed by atoms with Crippen molar-refractivity contribution in [1.29, 1.82) is 0 Å². The molecule has 0 spiro atoms. The van der Waals surface area contributed by atoms with Gasteiger partial charge in [0.05, 0.1) is 4.90 Å². The Morgan fingerprint density at radius 1 is 1.36 bits per heavy atom. The molecule has 1 aromatic carbocycles. The summed E-state index contributed by atoms with van der Waals surface area (Å²) in [6.07, 6.45) is 2.05. The molecule has 6 nitrogen and oxygen atoms in total. The molecule has 1 aromatic rings. The highest BCUT2D eigenvalue weighted by molar-refractivity contribution is 8.07. The molecule has 0 saturated carbocycles. The summed E-state index contributed by atoms with van der Waals surface area (Å²) in [7, 11) is -7.53. The van der Waals surface area contributed by atoms with Crippen LogP contribution in [0.1, 0.15) is 32.6 Å². The lowest BCUT2D eigenvalue weighted by molar-refractivity contribution is -0.00311. The molecule has 0 aromatic heterocycles. The van der Waals surface area contributed by atoms with Crippen LogP contribution in [0.15, 0.2) is 29.2 Å². The van der Waals surface area contributed by atoms with E-state index in [9.17, 15) is 21.2 Å². The van der Waals surface area contributed by atoms with Crippen molar-refractivity contribution in [2.24, 2.45) is 0 Å². The highest BCUT2D eigenvalue weighted by atomic mass is 32.2. The van der Waals surface area contributed by atoms with Crippen molar-refractivity contribution in [2.75, 3.05) is 0 Å². The first-order chi connectivity index (χ1) is 10.3. The van der Waals surface area contributed by atoms with Crippen molar-refractivity contribution >= 4 is 25.6 Å². The van der Waals surface area contributed by atoms with Crippen molar-refractivity contribution in [3.8, 4) is 0 Å². The number of nitrogens with zero attached hydrogens (tertiary/aromatic N) is 2. The quantitative estimate of drug-likeness (QED) is 0.202. The molecular weight excluding hydrogens is 331 g/mol. The van der Waals surface area contributed by atoms with Crippen molar-refractivity contribution < 1.29 is 26.0 Å². The number of hydrogen-bond acceptors (Lipinski definition) is 4. The Balaban J connectivity index is 3.25. The predicted molar refractivity (Wildman–Crippen MR) is 80.5 cm³/mol. The molecule has 0 aliphatic rings. The predicted octanol–water partition coefficient (Wildman–Crippen LogP) is 1.79. The van der Waals surface area contributed by atoms with Crippen LogP contribution in [0.2, 0.25) is 0 Å². The molecule has 0 aliphatic heterocycles. The van der Waals surface area contributed by atoms with E-state index in [1.54, 1.807) is 0 Å². The van der Waals surface area contributed by atoms with Crippen molar-refractivity contribution in [3.63, 3.8) is 0 Å². The second-order valence-corrected chi connectivity index (χ2v) is 7.79. The number of halogens is 1. The van der Waals surface area contributed by atoms with Gasteiger partial charge in [-0.25, -0.2) is 21.2 Å². The van der Waals surface area contributed by atoms with Crippen LogP contribution in [-0.4, -0.2) is 31.9 Å². The van der Waals surface area contributed by atoms with Crippen molar-refractivity contribution in [3.05, 3.63) is 35.6 Å². The summed E-state index contributed by atoms with van der Waals surface area (Å²) in [5, 5.41) is -2.30. The fourth-order valence-electron chi connectivity index (χ4n) is 1.96. The van der Waals surface area contributed by atoms with Crippen LogP contribution in [0.3, 0.4) is 0 Å². The molecule has 0 saturated heterocycles. The van der Waals surface area contributed by atoms with Crippen LogP contribution in [0.5, 0.6) is 0 Å². The van der Waals surface area contributed by atoms with Crippen LogP contribution >= 0.6 is 0 Å². The lowest BCUT2D eigenvalue weighted by Crippen LogP contribution is -2.31. The Kier molecular flexibility index (Phi) is 6.86. The van der Waals surface area contributed by atoms with Crippen molar-refractivity contribution in [1.82, 2.24) is 0 Å². The molecule has 0 fully saturated rings. The van der Waals surface area contributed by atoms with Crippen LogP contribution in [0, 0.1) is 5.82 Å². The molecule has 22 heavy (non-hydrogen) atoms. The molecule has 1 atom stereocenters. The first-order valence-electron chi connectivity index (χ1n) is 6.70. The Hall–Kier alpha value is -1.57. The van der Waals surface area contributed by atoms with Gasteiger partial charge in [0.15, 0.2) is 16.0 Å². The Morgan fingerprint density at radius 3 is 2.55 bits per heavy atom. The third kappa shape index (κ3) is 4.46. The summed E-state index contributed by atoms with van der Waals surface area (Å²) in [6.45, 7) is 1.91. The Morgan fingerprint density at radius 2 is 2.05 bits per heavy atom. The zero-order chi connectivity index (χ0) is 16.8. The normalized spacial score (nSPS) is 12.9. The maximum absolute atomic E-state index is 13.2. The number of hydrogen-bond donors (Lipinski definition) is 1. The fourth-order valence-corrected chi connectivity index (χ4v) is 4.61. The molecule has 0 amide bonds. The molecule has 0 aliphatic carbocycles. The third-order valence-corrected chi connectivity index (χ3v) is 6.08. The zero-order valence-corrected chi connectivity index (χ0v) is 13.7. The van der Waals surface area contributed by atoms with Gasteiger partial charge in [-0.15, -0.1) is 0 Å². The Labute approximate surface area is 130 Å². The SMILES string of the molecule is CCCCCC(C(=[N+]=[N-])S(=O)(=O)c1cccc(F)c1)[SH](=O)=O. The van der Waals surface area contributed by atoms with E-state index >= 15 is 0 Å². The summed E-state index contributed by atoms with van der Waals surface area (Å²) >= 11 is 0. The summed E-state index contributed by atoms with van der Waals surface area (Å²) in [5.41, 5.74) is 9.02. The van der Waals surface area contributed by atoms with E-state index in [0.29, 0.717) is 6.42 Å². The smallest absolute Gasteiger partial charge is 0.360 e. The van der Waals surface area contributed by atoms with Gasteiger partial charge >= 0.3 is 5.04 Å². The van der Waals surface area contributed by atoms with Gasteiger partial charge in [-0.3, -0.25) is 0 Å². The number of unbranched alkanes of at least 4 members (excludes halogenated alkanes) is 2.